The maximum absolute atomic E-state index is 12.2. The van der Waals surface area contributed by atoms with Gasteiger partial charge in [-0.25, -0.2) is 0 Å². The van der Waals surface area contributed by atoms with Gasteiger partial charge in [-0.3, -0.25) is 4.79 Å². The Morgan fingerprint density at radius 1 is 1.26 bits per heavy atom. The Kier molecular flexibility index (Phi) is 4.87. The highest BCUT2D eigenvalue weighted by molar-refractivity contribution is 5.94. The summed E-state index contributed by atoms with van der Waals surface area (Å²) in [5.74, 6) is 0.929. The van der Waals surface area contributed by atoms with Crippen molar-refractivity contribution in [3.05, 3.63) is 36.0 Å². The molecule has 7 nitrogen and oxygen atoms in total. The van der Waals surface area contributed by atoms with Gasteiger partial charge >= 0.3 is 0 Å². The fraction of sp³-hybridized carbons (Fsp3) is 0.438. The molecule has 0 spiro atoms. The third kappa shape index (κ3) is 4.07. The summed E-state index contributed by atoms with van der Waals surface area (Å²) in [5.41, 5.74) is 1.85. The first-order valence-corrected chi connectivity index (χ1v) is 7.73. The Labute approximate surface area is 134 Å². The minimum Gasteiger partial charge on any atom is -0.426 e. The zero-order chi connectivity index (χ0) is 16.1. The number of aromatic nitrogens is 2. The number of ether oxygens (including phenoxy) is 1. The SMILES string of the molecule is Cc1nnc(CCC(=O)Nc2ccccc2N2CCOCC2)o1. The number of rotatable bonds is 5. The molecule has 1 aromatic carbocycles. The van der Waals surface area contributed by atoms with E-state index in [0.29, 0.717) is 37.8 Å². The van der Waals surface area contributed by atoms with Gasteiger partial charge in [0.2, 0.25) is 17.7 Å². The van der Waals surface area contributed by atoms with E-state index < -0.39 is 0 Å². The Morgan fingerprint density at radius 2 is 2.04 bits per heavy atom. The van der Waals surface area contributed by atoms with Gasteiger partial charge in [0, 0.05) is 32.9 Å². The number of morpholine rings is 1. The zero-order valence-electron chi connectivity index (χ0n) is 13.1. The molecule has 1 fully saturated rings. The summed E-state index contributed by atoms with van der Waals surface area (Å²) < 4.78 is 10.7. The number of carbonyl (C=O) groups is 1. The van der Waals surface area contributed by atoms with Crippen LogP contribution in [0.1, 0.15) is 18.2 Å². The molecule has 1 aliphatic rings. The van der Waals surface area contributed by atoms with Gasteiger partial charge in [-0.2, -0.15) is 0 Å². The first kappa shape index (κ1) is 15.5. The number of carbonyl (C=O) groups excluding carboxylic acids is 1. The number of hydrogen-bond donors (Lipinski definition) is 1. The van der Waals surface area contributed by atoms with E-state index in [9.17, 15) is 4.79 Å². The van der Waals surface area contributed by atoms with Crippen molar-refractivity contribution in [2.75, 3.05) is 36.5 Å². The molecule has 7 heteroatoms. The number of amides is 1. The van der Waals surface area contributed by atoms with Crippen LogP contribution in [-0.4, -0.2) is 42.4 Å². The van der Waals surface area contributed by atoms with Crippen molar-refractivity contribution in [2.45, 2.75) is 19.8 Å². The molecule has 0 radical (unpaired) electrons. The highest BCUT2D eigenvalue weighted by Crippen LogP contribution is 2.26. The lowest BCUT2D eigenvalue weighted by atomic mass is 10.2. The van der Waals surface area contributed by atoms with E-state index in [0.717, 1.165) is 24.5 Å². The van der Waals surface area contributed by atoms with Gasteiger partial charge in [0.05, 0.1) is 24.6 Å². The van der Waals surface area contributed by atoms with Crippen LogP contribution < -0.4 is 10.2 Å². The number of para-hydroxylation sites is 2. The van der Waals surface area contributed by atoms with E-state index in [1.165, 1.54) is 0 Å². The molecule has 1 N–H and O–H groups in total. The van der Waals surface area contributed by atoms with Gasteiger partial charge in [-0.15, -0.1) is 10.2 Å². The highest BCUT2D eigenvalue weighted by Gasteiger charge is 2.16. The Balaban J connectivity index is 1.61. The molecule has 3 rings (SSSR count). The molecule has 23 heavy (non-hydrogen) atoms. The molecule has 1 aliphatic heterocycles. The van der Waals surface area contributed by atoms with Crippen molar-refractivity contribution in [3.63, 3.8) is 0 Å². The molecule has 1 saturated heterocycles. The predicted octanol–water partition coefficient (Wildman–Crippen LogP) is 1.79. The smallest absolute Gasteiger partial charge is 0.224 e. The van der Waals surface area contributed by atoms with Crippen molar-refractivity contribution in [1.82, 2.24) is 10.2 Å². The maximum Gasteiger partial charge on any atom is 0.224 e. The summed E-state index contributed by atoms with van der Waals surface area (Å²) in [6, 6.07) is 7.82. The summed E-state index contributed by atoms with van der Waals surface area (Å²) in [4.78, 5) is 14.4. The Morgan fingerprint density at radius 3 is 2.78 bits per heavy atom. The van der Waals surface area contributed by atoms with Crippen molar-refractivity contribution < 1.29 is 13.9 Å². The molecule has 0 bridgehead atoms. The zero-order valence-corrected chi connectivity index (χ0v) is 13.1. The minimum atomic E-state index is -0.0680. The van der Waals surface area contributed by atoms with Crippen molar-refractivity contribution >= 4 is 17.3 Å². The van der Waals surface area contributed by atoms with Crippen LogP contribution in [0.15, 0.2) is 28.7 Å². The van der Waals surface area contributed by atoms with E-state index >= 15 is 0 Å². The maximum atomic E-state index is 12.2. The van der Waals surface area contributed by atoms with E-state index in [2.05, 4.69) is 20.4 Å². The fourth-order valence-electron chi connectivity index (χ4n) is 2.53. The van der Waals surface area contributed by atoms with Crippen LogP contribution in [-0.2, 0) is 16.0 Å². The molecule has 0 atom stereocenters. The fourth-order valence-corrected chi connectivity index (χ4v) is 2.53. The summed E-state index contributed by atoms with van der Waals surface area (Å²) in [5, 5.41) is 10.6. The van der Waals surface area contributed by atoms with E-state index in [-0.39, 0.29) is 5.91 Å². The third-order valence-corrected chi connectivity index (χ3v) is 3.66. The van der Waals surface area contributed by atoms with Crippen LogP contribution in [0.25, 0.3) is 0 Å². The number of benzene rings is 1. The second-order valence-electron chi connectivity index (χ2n) is 5.38. The quantitative estimate of drug-likeness (QED) is 0.906. The molecule has 1 amide bonds. The number of anilines is 2. The number of nitrogens with one attached hydrogen (secondary N) is 1. The van der Waals surface area contributed by atoms with E-state index in [1.54, 1.807) is 6.92 Å². The second-order valence-corrected chi connectivity index (χ2v) is 5.38. The topological polar surface area (TPSA) is 80.5 Å². The normalized spacial score (nSPS) is 14.7. The summed E-state index contributed by atoms with van der Waals surface area (Å²) >= 11 is 0. The molecule has 2 heterocycles. The molecule has 1 aromatic heterocycles. The van der Waals surface area contributed by atoms with Gasteiger partial charge in [0.25, 0.3) is 0 Å². The number of hydrogen-bond acceptors (Lipinski definition) is 6. The molecule has 0 saturated carbocycles. The van der Waals surface area contributed by atoms with Crippen LogP contribution >= 0.6 is 0 Å². The standard InChI is InChI=1S/C16H20N4O3/c1-12-18-19-16(23-12)7-6-15(21)17-13-4-2-3-5-14(13)20-8-10-22-11-9-20/h2-5H,6-11H2,1H3,(H,17,21). The second kappa shape index (κ2) is 7.23. The van der Waals surface area contributed by atoms with E-state index in [1.807, 2.05) is 24.3 Å². The molecule has 0 aliphatic carbocycles. The molecular weight excluding hydrogens is 296 g/mol. The van der Waals surface area contributed by atoms with Gasteiger partial charge in [-0.05, 0) is 12.1 Å². The monoisotopic (exact) mass is 316 g/mol. The summed E-state index contributed by atoms with van der Waals surface area (Å²) in [6.45, 7) is 4.80. The van der Waals surface area contributed by atoms with Gasteiger partial charge in [0.15, 0.2) is 0 Å². The summed E-state index contributed by atoms with van der Waals surface area (Å²) in [6.07, 6.45) is 0.742. The first-order valence-electron chi connectivity index (χ1n) is 7.73. The van der Waals surface area contributed by atoms with Crippen LogP contribution in [0, 0.1) is 6.92 Å². The van der Waals surface area contributed by atoms with Gasteiger partial charge in [0.1, 0.15) is 0 Å². The van der Waals surface area contributed by atoms with Crippen molar-refractivity contribution in [3.8, 4) is 0 Å². The average molecular weight is 316 g/mol. The number of nitrogens with zero attached hydrogens (tertiary/aromatic N) is 3. The van der Waals surface area contributed by atoms with E-state index in [4.69, 9.17) is 9.15 Å². The van der Waals surface area contributed by atoms with Crippen molar-refractivity contribution in [1.29, 1.82) is 0 Å². The van der Waals surface area contributed by atoms with Crippen LogP contribution in [0.4, 0.5) is 11.4 Å². The lowest BCUT2D eigenvalue weighted by Crippen LogP contribution is -2.36. The highest BCUT2D eigenvalue weighted by atomic mass is 16.5. The third-order valence-electron chi connectivity index (χ3n) is 3.66. The number of aryl methyl sites for hydroxylation is 2. The minimum absolute atomic E-state index is 0.0680. The largest absolute Gasteiger partial charge is 0.426 e. The lowest BCUT2D eigenvalue weighted by Gasteiger charge is -2.30. The van der Waals surface area contributed by atoms with Crippen molar-refractivity contribution in [2.24, 2.45) is 0 Å². The Hall–Kier alpha value is -2.41. The van der Waals surface area contributed by atoms with Gasteiger partial charge < -0.3 is 19.4 Å². The molecule has 122 valence electrons. The first-order chi connectivity index (χ1) is 11.2. The lowest BCUT2D eigenvalue weighted by molar-refractivity contribution is -0.116. The van der Waals surface area contributed by atoms with Crippen LogP contribution in [0.2, 0.25) is 0 Å². The molecular formula is C16H20N4O3. The molecule has 2 aromatic rings. The Bertz CT molecular complexity index is 665. The van der Waals surface area contributed by atoms with Crippen LogP contribution in [0.5, 0.6) is 0 Å². The van der Waals surface area contributed by atoms with Crippen LogP contribution in [0.3, 0.4) is 0 Å². The molecule has 0 unspecified atom stereocenters. The predicted molar refractivity (Wildman–Crippen MR) is 85.5 cm³/mol. The average Bonchev–Trinajstić information content (AvgIpc) is 3.00. The summed E-state index contributed by atoms with van der Waals surface area (Å²) in [7, 11) is 0. The van der Waals surface area contributed by atoms with Gasteiger partial charge in [-0.1, -0.05) is 12.1 Å².